The van der Waals surface area contributed by atoms with E-state index in [-0.39, 0.29) is 0 Å². The summed E-state index contributed by atoms with van der Waals surface area (Å²) in [6, 6.07) is 12.0. The Bertz CT molecular complexity index is 493. The Kier molecular flexibility index (Phi) is 5.13. The fourth-order valence-corrected chi connectivity index (χ4v) is 3.51. The highest BCUT2D eigenvalue weighted by molar-refractivity contribution is 7.99. The van der Waals surface area contributed by atoms with Gasteiger partial charge in [-0.25, -0.2) is 0 Å². The van der Waals surface area contributed by atoms with E-state index in [1.54, 1.807) is 11.8 Å². The van der Waals surface area contributed by atoms with E-state index in [1.165, 1.54) is 16.2 Å². The van der Waals surface area contributed by atoms with Gasteiger partial charge in [-0.2, -0.15) is 0 Å². The Morgan fingerprint density at radius 3 is 2.50 bits per heavy atom. The minimum atomic E-state index is -0.458. The number of thiophene rings is 1. The zero-order chi connectivity index (χ0) is 13.0. The van der Waals surface area contributed by atoms with Gasteiger partial charge in [-0.15, -0.1) is 23.1 Å². The van der Waals surface area contributed by atoms with Crippen molar-refractivity contribution in [3.8, 4) is 0 Å². The molecule has 0 aliphatic carbocycles. The number of hydrogen-bond acceptors (Lipinski definition) is 3. The molecule has 2 rings (SSSR count). The van der Waals surface area contributed by atoms with E-state index >= 15 is 0 Å². The van der Waals surface area contributed by atoms with Crippen molar-refractivity contribution in [1.29, 1.82) is 0 Å². The van der Waals surface area contributed by atoms with Gasteiger partial charge in [0.1, 0.15) is 0 Å². The van der Waals surface area contributed by atoms with Crippen molar-refractivity contribution < 1.29 is 5.11 Å². The summed E-state index contributed by atoms with van der Waals surface area (Å²) in [7, 11) is 0. The van der Waals surface area contributed by atoms with Gasteiger partial charge in [0.15, 0.2) is 0 Å². The van der Waals surface area contributed by atoms with Crippen LogP contribution in [0, 0.1) is 0 Å². The Morgan fingerprint density at radius 2 is 1.94 bits per heavy atom. The van der Waals surface area contributed by atoms with Crippen LogP contribution >= 0.6 is 34.7 Å². The molecule has 1 aromatic carbocycles. The van der Waals surface area contributed by atoms with Crippen molar-refractivity contribution in [1.82, 2.24) is 0 Å². The van der Waals surface area contributed by atoms with Crippen LogP contribution in [0.15, 0.2) is 41.3 Å². The van der Waals surface area contributed by atoms with Crippen molar-refractivity contribution in [3.63, 3.8) is 0 Å². The molecule has 4 heteroatoms. The van der Waals surface area contributed by atoms with E-state index in [0.717, 1.165) is 20.5 Å². The van der Waals surface area contributed by atoms with Crippen LogP contribution < -0.4 is 0 Å². The van der Waals surface area contributed by atoms with Crippen LogP contribution in [0.1, 0.15) is 23.5 Å². The van der Waals surface area contributed by atoms with Crippen molar-refractivity contribution in [2.45, 2.75) is 24.3 Å². The second-order valence-electron chi connectivity index (χ2n) is 3.93. The van der Waals surface area contributed by atoms with E-state index in [1.807, 2.05) is 24.3 Å². The summed E-state index contributed by atoms with van der Waals surface area (Å²) >= 11 is 9.21. The van der Waals surface area contributed by atoms with Crippen LogP contribution in [0.25, 0.3) is 0 Å². The van der Waals surface area contributed by atoms with Crippen molar-refractivity contribution in [3.05, 3.63) is 51.2 Å². The van der Waals surface area contributed by atoms with Crippen LogP contribution in [0.4, 0.5) is 0 Å². The predicted octanol–water partition coefficient (Wildman–Crippen LogP) is 4.79. The lowest BCUT2D eigenvalue weighted by atomic mass is 10.1. The lowest BCUT2D eigenvalue weighted by Crippen LogP contribution is -2.00. The lowest BCUT2D eigenvalue weighted by molar-refractivity contribution is 0.179. The Balaban J connectivity index is 2.02. The maximum absolute atomic E-state index is 10.2. The number of aliphatic hydroxyl groups excluding tert-OH is 1. The highest BCUT2D eigenvalue weighted by Gasteiger charge is 2.10. The monoisotopic (exact) mass is 298 g/mol. The zero-order valence-electron chi connectivity index (χ0n) is 10.1. The number of aliphatic hydroxyl groups is 1. The third-order valence-corrected chi connectivity index (χ3v) is 4.75. The van der Waals surface area contributed by atoms with Gasteiger partial charge in [-0.3, -0.25) is 0 Å². The molecule has 0 aliphatic rings. The summed E-state index contributed by atoms with van der Waals surface area (Å²) in [5.41, 5.74) is 0.958. The number of benzene rings is 1. The van der Waals surface area contributed by atoms with Gasteiger partial charge in [0.05, 0.1) is 10.4 Å². The van der Waals surface area contributed by atoms with Crippen molar-refractivity contribution in [2.75, 3.05) is 5.75 Å². The molecule has 1 aromatic heterocycles. The van der Waals surface area contributed by atoms with Crippen LogP contribution in [0.3, 0.4) is 0 Å². The molecule has 1 unspecified atom stereocenters. The van der Waals surface area contributed by atoms with Crippen LogP contribution in [-0.4, -0.2) is 10.9 Å². The molecule has 1 heterocycles. The lowest BCUT2D eigenvalue weighted by Gasteiger charge is -2.10. The molecule has 0 saturated heterocycles. The molecule has 0 radical (unpaired) electrons. The summed E-state index contributed by atoms with van der Waals surface area (Å²) < 4.78 is 0.770. The summed E-state index contributed by atoms with van der Waals surface area (Å²) in [6.45, 7) is 2.13. The predicted molar refractivity (Wildman–Crippen MR) is 80.8 cm³/mol. The fourth-order valence-electron chi connectivity index (χ4n) is 1.72. The molecular weight excluding hydrogens is 284 g/mol. The number of rotatable bonds is 5. The second kappa shape index (κ2) is 6.62. The summed E-state index contributed by atoms with van der Waals surface area (Å²) in [5.74, 6) is 1.07. The molecule has 0 spiro atoms. The normalized spacial score (nSPS) is 12.6. The van der Waals surface area contributed by atoms with Gasteiger partial charge in [0, 0.05) is 16.2 Å². The molecule has 2 aromatic rings. The van der Waals surface area contributed by atoms with Gasteiger partial charge in [0.25, 0.3) is 0 Å². The molecule has 1 N–H and O–H groups in total. The SMILES string of the molecule is CCSc1ccc(C(O)Cc2ccc(Cl)s2)cc1. The maximum atomic E-state index is 10.2. The summed E-state index contributed by atoms with van der Waals surface area (Å²) in [5, 5.41) is 10.2. The molecular formula is C14H15ClOS2. The van der Waals surface area contributed by atoms with E-state index in [2.05, 4.69) is 19.1 Å². The minimum Gasteiger partial charge on any atom is -0.388 e. The molecule has 1 nitrogen and oxygen atoms in total. The third kappa shape index (κ3) is 3.75. The van der Waals surface area contributed by atoms with Gasteiger partial charge >= 0.3 is 0 Å². The van der Waals surface area contributed by atoms with Gasteiger partial charge in [-0.05, 0) is 35.6 Å². The number of thioether (sulfide) groups is 1. The Morgan fingerprint density at radius 1 is 1.22 bits per heavy atom. The minimum absolute atomic E-state index is 0.458. The second-order valence-corrected chi connectivity index (χ2v) is 7.06. The van der Waals surface area contributed by atoms with Crippen LogP contribution in [-0.2, 0) is 6.42 Å². The maximum Gasteiger partial charge on any atom is 0.0931 e. The standard InChI is InChI=1S/C14H15ClOS2/c1-2-17-11-5-3-10(4-6-11)13(16)9-12-7-8-14(15)18-12/h3-8,13,16H,2,9H2,1H3. The third-order valence-electron chi connectivity index (χ3n) is 2.60. The van der Waals surface area contributed by atoms with E-state index in [0.29, 0.717) is 6.42 Å². The molecule has 0 amide bonds. The summed E-state index contributed by atoms with van der Waals surface area (Å²) in [6.07, 6.45) is 0.165. The first kappa shape index (κ1) is 13.9. The van der Waals surface area contributed by atoms with Crippen molar-refractivity contribution in [2.24, 2.45) is 0 Å². The van der Waals surface area contributed by atoms with Crippen LogP contribution in [0.5, 0.6) is 0 Å². The smallest absolute Gasteiger partial charge is 0.0931 e. The van der Waals surface area contributed by atoms with E-state index in [4.69, 9.17) is 11.6 Å². The molecule has 0 saturated carbocycles. The Labute approximate surface area is 121 Å². The first-order valence-electron chi connectivity index (χ1n) is 5.84. The Hall–Kier alpha value is -0.480. The average molecular weight is 299 g/mol. The average Bonchev–Trinajstić information content (AvgIpc) is 2.76. The largest absolute Gasteiger partial charge is 0.388 e. The highest BCUT2D eigenvalue weighted by atomic mass is 35.5. The van der Waals surface area contributed by atoms with Crippen molar-refractivity contribution >= 4 is 34.7 Å². The van der Waals surface area contributed by atoms with Crippen LogP contribution in [0.2, 0.25) is 4.34 Å². The molecule has 18 heavy (non-hydrogen) atoms. The first-order valence-corrected chi connectivity index (χ1v) is 8.02. The van der Waals surface area contributed by atoms with E-state index in [9.17, 15) is 5.11 Å². The van der Waals surface area contributed by atoms with Gasteiger partial charge in [-0.1, -0.05) is 30.7 Å². The van der Waals surface area contributed by atoms with E-state index < -0.39 is 6.10 Å². The van der Waals surface area contributed by atoms with Gasteiger partial charge < -0.3 is 5.11 Å². The first-order chi connectivity index (χ1) is 8.69. The fraction of sp³-hybridized carbons (Fsp3) is 0.286. The molecule has 0 bridgehead atoms. The molecule has 96 valence electrons. The van der Waals surface area contributed by atoms with Gasteiger partial charge in [0.2, 0.25) is 0 Å². The molecule has 0 fully saturated rings. The number of halogens is 1. The highest BCUT2D eigenvalue weighted by Crippen LogP contribution is 2.27. The quantitative estimate of drug-likeness (QED) is 0.801. The molecule has 0 aliphatic heterocycles. The number of hydrogen-bond donors (Lipinski definition) is 1. The molecule has 1 atom stereocenters. The zero-order valence-corrected chi connectivity index (χ0v) is 12.5. The topological polar surface area (TPSA) is 20.2 Å². The summed E-state index contributed by atoms with van der Waals surface area (Å²) in [4.78, 5) is 2.35.